The second kappa shape index (κ2) is 5.44. The summed E-state index contributed by atoms with van der Waals surface area (Å²) in [5, 5.41) is 8.88. The number of alkyl halides is 3. The number of rotatable bonds is 2. The van der Waals surface area contributed by atoms with Crippen LogP contribution in [0, 0.1) is 17.1 Å². The molecule has 108 valence electrons. The highest BCUT2D eigenvalue weighted by molar-refractivity contribution is 5.65. The van der Waals surface area contributed by atoms with Gasteiger partial charge >= 0.3 is 6.18 Å². The number of anilines is 2. The number of benzene rings is 2. The first-order chi connectivity index (χ1) is 9.82. The number of hydrogen-bond acceptors (Lipinski definition) is 2. The molecule has 2 rings (SSSR count). The van der Waals surface area contributed by atoms with Gasteiger partial charge in [-0.15, -0.1) is 0 Å². The number of nitrogens with zero attached hydrogens (tertiary/aromatic N) is 2. The Hall–Kier alpha value is -2.55. The maximum absolute atomic E-state index is 12.9. The predicted octanol–water partition coefficient (Wildman–Crippen LogP) is 4.48. The minimum Gasteiger partial charge on any atom is -0.345 e. The van der Waals surface area contributed by atoms with Crippen molar-refractivity contribution >= 4 is 11.4 Å². The van der Waals surface area contributed by atoms with Crippen molar-refractivity contribution in [3.63, 3.8) is 0 Å². The first-order valence-electron chi connectivity index (χ1n) is 5.93. The van der Waals surface area contributed by atoms with E-state index in [0.717, 1.165) is 12.1 Å². The van der Waals surface area contributed by atoms with Crippen molar-refractivity contribution in [2.75, 3.05) is 11.9 Å². The zero-order chi connectivity index (χ0) is 15.6. The van der Waals surface area contributed by atoms with Gasteiger partial charge in [-0.3, -0.25) is 0 Å². The van der Waals surface area contributed by atoms with Gasteiger partial charge in [0.15, 0.2) is 0 Å². The number of nitriles is 1. The summed E-state index contributed by atoms with van der Waals surface area (Å²) in [6.07, 6.45) is -4.57. The summed E-state index contributed by atoms with van der Waals surface area (Å²) in [6.45, 7) is 0. The lowest BCUT2D eigenvalue weighted by Crippen LogP contribution is -2.12. The molecular weight excluding hydrogens is 284 g/mol. The van der Waals surface area contributed by atoms with Gasteiger partial charge < -0.3 is 4.90 Å². The second-order valence-corrected chi connectivity index (χ2v) is 4.37. The third-order valence-electron chi connectivity index (χ3n) is 3.03. The smallest absolute Gasteiger partial charge is 0.345 e. The van der Waals surface area contributed by atoms with Crippen LogP contribution in [-0.4, -0.2) is 7.05 Å². The largest absolute Gasteiger partial charge is 0.417 e. The van der Waals surface area contributed by atoms with E-state index in [1.165, 1.54) is 30.3 Å². The molecule has 0 atom stereocenters. The third-order valence-corrected chi connectivity index (χ3v) is 3.03. The van der Waals surface area contributed by atoms with E-state index < -0.39 is 23.1 Å². The molecule has 6 heteroatoms. The van der Waals surface area contributed by atoms with E-state index >= 15 is 0 Å². The average Bonchev–Trinajstić information content (AvgIpc) is 2.45. The molecule has 2 nitrogen and oxygen atoms in total. The molecule has 0 amide bonds. The van der Waals surface area contributed by atoms with Crippen LogP contribution in [-0.2, 0) is 6.18 Å². The molecule has 0 aliphatic heterocycles. The predicted molar refractivity (Wildman–Crippen MR) is 70.6 cm³/mol. The van der Waals surface area contributed by atoms with Crippen molar-refractivity contribution in [3.05, 3.63) is 59.4 Å². The van der Waals surface area contributed by atoms with Gasteiger partial charge in [-0.1, -0.05) is 0 Å². The fourth-order valence-electron chi connectivity index (χ4n) is 1.89. The Morgan fingerprint density at radius 3 is 2.10 bits per heavy atom. The van der Waals surface area contributed by atoms with Crippen LogP contribution in [0.5, 0.6) is 0 Å². The summed E-state index contributed by atoms with van der Waals surface area (Å²) in [6, 6.07) is 10.4. The van der Waals surface area contributed by atoms with Crippen LogP contribution in [0.1, 0.15) is 11.1 Å². The van der Waals surface area contributed by atoms with E-state index in [1.807, 2.05) is 0 Å². The summed E-state index contributed by atoms with van der Waals surface area (Å²) in [7, 11) is 1.62. The molecule has 0 spiro atoms. The van der Waals surface area contributed by atoms with Gasteiger partial charge in [0.1, 0.15) is 5.82 Å². The lowest BCUT2D eigenvalue weighted by atomic mass is 10.1. The lowest BCUT2D eigenvalue weighted by Gasteiger charge is -2.20. The van der Waals surface area contributed by atoms with Crippen molar-refractivity contribution < 1.29 is 17.6 Å². The highest BCUT2D eigenvalue weighted by atomic mass is 19.4. The van der Waals surface area contributed by atoms with Crippen LogP contribution in [0.25, 0.3) is 0 Å². The number of halogens is 4. The van der Waals surface area contributed by atoms with E-state index in [-0.39, 0.29) is 0 Å². The molecule has 21 heavy (non-hydrogen) atoms. The average molecular weight is 294 g/mol. The first-order valence-corrected chi connectivity index (χ1v) is 5.93. The van der Waals surface area contributed by atoms with Crippen molar-refractivity contribution in [2.45, 2.75) is 6.18 Å². The SMILES string of the molecule is CN(c1ccc(F)cc1)c1ccc(C(F)(F)F)c(C#N)c1. The van der Waals surface area contributed by atoms with E-state index in [9.17, 15) is 17.6 Å². The summed E-state index contributed by atoms with van der Waals surface area (Å²) in [5.41, 5.74) is -0.415. The molecule has 2 aromatic rings. The van der Waals surface area contributed by atoms with Gasteiger partial charge in [-0.25, -0.2) is 4.39 Å². The van der Waals surface area contributed by atoms with Crippen LogP contribution in [0.2, 0.25) is 0 Å². The molecule has 0 N–H and O–H groups in total. The molecular formula is C15H10F4N2. The van der Waals surface area contributed by atoms with E-state index in [4.69, 9.17) is 5.26 Å². The van der Waals surface area contributed by atoms with Crippen molar-refractivity contribution in [1.82, 2.24) is 0 Å². The Morgan fingerprint density at radius 2 is 1.57 bits per heavy atom. The maximum atomic E-state index is 12.9. The Kier molecular flexibility index (Phi) is 3.85. The summed E-state index contributed by atoms with van der Waals surface area (Å²) < 4.78 is 51.1. The molecule has 0 fully saturated rings. The van der Waals surface area contributed by atoms with E-state index in [0.29, 0.717) is 11.4 Å². The molecule has 2 aromatic carbocycles. The molecule has 0 unspecified atom stereocenters. The van der Waals surface area contributed by atoms with Gasteiger partial charge in [0, 0.05) is 18.4 Å². The molecule has 0 saturated heterocycles. The third kappa shape index (κ3) is 3.14. The van der Waals surface area contributed by atoms with Gasteiger partial charge in [0.25, 0.3) is 0 Å². The maximum Gasteiger partial charge on any atom is 0.417 e. The fourth-order valence-corrected chi connectivity index (χ4v) is 1.89. The lowest BCUT2D eigenvalue weighted by molar-refractivity contribution is -0.137. The summed E-state index contributed by atoms with van der Waals surface area (Å²) in [4.78, 5) is 1.57. The summed E-state index contributed by atoms with van der Waals surface area (Å²) >= 11 is 0. The van der Waals surface area contributed by atoms with E-state index in [2.05, 4.69) is 0 Å². The topological polar surface area (TPSA) is 27.0 Å². The van der Waals surface area contributed by atoms with Crippen LogP contribution < -0.4 is 4.90 Å². The Bertz CT molecular complexity index is 684. The quantitative estimate of drug-likeness (QED) is 0.763. The van der Waals surface area contributed by atoms with Gasteiger partial charge in [-0.2, -0.15) is 18.4 Å². The van der Waals surface area contributed by atoms with Crippen molar-refractivity contribution in [3.8, 4) is 6.07 Å². The van der Waals surface area contributed by atoms with Crippen LogP contribution >= 0.6 is 0 Å². The van der Waals surface area contributed by atoms with Gasteiger partial charge in [0.05, 0.1) is 17.2 Å². The monoisotopic (exact) mass is 294 g/mol. The summed E-state index contributed by atoms with van der Waals surface area (Å²) in [5.74, 6) is -0.405. The highest BCUT2D eigenvalue weighted by Crippen LogP contribution is 2.34. The van der Waals surface area contributed by atoms with Crippen LogP contribution in [0.4, 0.5) is 28.9 Å². The second-order valence-electron chi connectivity index (χ2n) is 4.37. The van der Waals surface area contributed by atoms with Crippen LogP contribution in [0.15, 0.2) is 42.5 Å². The zero-order valence-electron chi connectivity index (χ0n) is 10.9. The normalized spacial score (nSPS) is 11.0. The fraction of sp³-hybridized carbons (Fsp3) is 0.133. The van der Waals surface area contributed by atoms with Crippen molar-refractivity contribution in [1.29, 1.82) is 5.26 Å². The van der Waals surface area contributed by atoms with E-state index in [1.54, 1.807) is 18.0 Å². The first kappa shape index (κ1) is 14.9. The molecule has 0 heterocycles. The Labute approximate surface area is 118 Å². The standard InChI is InChI=1S/C15H10F4N2/c1-21(12-4-2-11(16)3-5-12)13-6-7-14(15(17,18)19)10(8-13)9-20/h2-8H,1H3. The zero-order valence-corrected chi connectivity index (χ0v) is 10.9. The highest BCUT2D eigenvalue weighted by Gasteiger charge is 2.33. The molecule has 0 aliphatic carbocycles. The number of hydrogen-bond donors (Lipinski definition) is 0. The molecule has 0 saturated carbocycles. The van der Waals surface area contributed by atoms with Gasteiger partial charge in [-0.05, 0) is 42.5 Å². The molecule has 0 aliphatic rings. The molecule has 0 aromatic heterocycles. The molecule has 0 bridgehead atoms. The molecule has 0 radical (unpaired) electrons. The Balaban J connectivity index is 2.42. The van der Waals surface area contributed by atoms with Crippen LogP contribution in [0.3, 0.4) is 0 Å². The van der Waals surface area contributed by atoms with Gasteiger partial charge in [0.2, 0.25) is 0 Å². The Morgan fingerprint density at radius 1 is 1.00 bits per heavy atom. The van der Waals surface area contributed by atoms with Crippen molar-refractivity contribution in [2.24, 2.45) is 0 Å². The minimum absolute atomic E-state index is 0.405. The minimum atomic E-state index is -4.57.